The molecule has 0 unspecified atom stereocenters. The van der Waals surface area contributed by atoms with Gasteiger partial charge >= 0.3 is 5.97 Å². The van der Waals surface area contributed by atoms with Gasteiger partial charge in [-0.25, -0.2) is 8.42 Å². The highest BCUT2D eigenvalue weighted by atomic mass is 32.2. The van der Waals surface area contributed by atoms with E-state index in [1.54, 1.807) is 26.0 Å². The average Bonchev–Trinajstić information content (AvgIpc) is 2.71. The molecule has 0 spiro atoms. The quantitative estimate of drug-likeness (QED) is 0.603. The highest BCUT2D eigenvalue weighted by Gasteiger charge is 2.34. The summed E-state index contributed by atoms with van der Waals surface area (Å²) in [6, 6.07) is 7.26. The van der Waals surface area contributed by atoms with Crippen LogP contribution in [0, 0.1) is 24.2 Å². The second-order valence-corrected chi connectivity index (χ2v) is 9.78. The molecule has 1 saturated carbocycles. The predicted molar refractivity (Wildman–Crippen MR) is 111 cm³/mol. The van der Waals surface area contributed by atoms with Crippen LogP contribution in [-0.4, -0.2) is 38.5 Å². The minimum absolute atomic E-state index is 0.0394. The van der Waals surface area contributed by atoms with Crippen molar-refractivity contribution >= 4 is 21.9 Å². The Morgan fingerprint density at radius 2 is 1.77 bits per heavy atom. The topological polar surface area (TPSA) is 125 Å². The van der Waals surface area contributed by atoms with Gasteiger partial charge in [0.1, 0.15) is 11.6 Å². The molecule has 1 aliphatic rings. The maximum atomic E-state index is 12.6. The number of carbonyl (C=O) groups excluding carboxylic acids is 2. The molecule has 9 heteroatoms. The van der Waals surface area contributed by atoms with Crippen LogP contribution in [0.1, 0.15) is 51.5 Å². The number of hydrogen-bond donors (Lipinski definition) is 2. The summed E-state index contributed by atoms with van der Waals surface area (Å²) in [5, 5.41) is 12.1. The van der Waals surface area contributed by atoms with E-state index < -0.39 is 46.0 Å². The van der Waals surface area contributed by atoms with E-state index in [0.717, 1.165) is 24.8 Å². The molecule has 2 N–H and O–H groups in total. The van der Waals surface area contributed by atoms with Crippen molar-refractivity contribution in [1.82, 2.24) is 10.0 Å². The van der Waals surface area contributed by atoms with E-state index in [1.165, 1.54) is 12.1 Å². The summed E-state index contributed by atoms with van der Waals surface area (Å²) < 4.78 is 32.7. The van der Waals surface area contributed by atoms with Gasteiger partial charge in [-0.2, -0.15) is 9.98 Å². The Labute approximate surface area is 178 Å². The summed E-state index contributed by atoms with van der Waals surface area (Å²) in [4.78, 5) is 24.8. The van der Waals surface area contributed by atoms with Crippen molar-refractivity contribution in [2.24, 2.45) is 5.92 Å². The number of nitrogens with zero attached hydrogens (tertiary/aromatic N) is 1. The monoisotopic (exact) mass is 435 g/mol. The van der Waals surface area contributed by atoms with E-state index in [1.807, 2.05) is 6.92 Å². The fourth-order valence-electron chi connectivity index (χ4n) is 3.36. The lowest BCUT2D eigenvalue weighted by Crippen LogP contribution is -2.51. The zero-order valence-electron chi connectivity index (χ0n) is 17.6. The molecule has 0 aromatic heterocycles. The molecule has 1 aromatic carbocycles. The summed E-state index contributed by atoms with van der Waals surface area (Å²) in [5.41, 5.74) is -0.0143. The third-order valence-corrected chi connectivity index (χ3v) is 6.64. The first kappa shape index (κ1) is 23.8. The van der Waals surface area contributed by atoms with E-state index in [9.17, 15) is 23.3 Å². The summed E-state index contributed by atoms with van der Waals surface area (Å²) in [6.45, 7) is 4.62. The van der Waals surface area contributed by atoms with Crippen LogP contribution in [0.25, 0.3) is 0 Å². The second-order valence-electron chi connectivity index (χ2n) is 8.07. The number of rotatable bonds is 8. The number of nitrogens with one attached hydrogen (secondary N) is 2. The molecule has 0 bridgehead atoms. The number of aryl methyl sites for hydroxylation is 1. The van der Waals surface area contributed by atoms with Gasteiger partial charge in [-0.15, -0.1) is 0 Å². The number of sulfonamides is 1. The Morgan fingerprint density at radius 3 is 2.30 bits per heavy atom. The molecule has 30 heavy (non-hydrogen) atoms. The highest BCUT2D eigenvalue weighted by molar-refractivity contribution is 7.89. The summed E-state index contributed by atoms with van der Waals surface area (Å²) in [5.74, 6) is -1.81. The standard InChI is InChI=1S/C21H29N3O5S/c1-15(2)19(24-30(27,28)17-9-7-16(3)8-10-17)20(26)29-13-18(25)23-21(14-22)11-5-4-6-12-21/h7-10,15,19,24H,4-6,11-13H2,1-3H3,(H,23,25)/t19-/m0/s1. The Kier molecular flexibility index (Phi) is 7.98. The van der Waals surface area contributed by atoms with Gasteiger partial charge in [0.2, 0.25) is 10.0 Å². The fourth-order valence-corrected chi connectivity index (χ4v) is 4.69. The number of hydrogen-bond acceptors (Lipinski definition) is 6. The molecule has 164 valence electrons. The normalized spacial score (nSPS) is 17.0. The van der Waals surface area contributed by atoms with Crippen LogP contribution in [0.2, 0.25) is 0 Å². The first-order valence-corrected chi connectivity index (χ1v) is 11.5. The third-order valence-electron chi connectivity index (χ3n) is 5.18. The van der Waals surface area contributed by atoms with E-state index in [-0.39, 0.29) is 4.90 Å². The van der Waals surface area contributed by atoms with Gasteiger partial charge in [-0.3, -0.25) is 9.59 Å². The van der Waals surface area contributed by atoms with Gasteiger partial charge in [0.05, 0.1) is 11.0 Å². The molecule has 2 rings (SSSR count). The molecule has 1 atom stereocenters. The third kappa shape index (κ3) is 6.28. The molecule has 1 aliphatic carbocycles. The van der Waals surface area contributed by atoms with Gasteiger partial charge in [0, 0.05) is 0 Å². The molecule has 1 fully saturated rings. The van der Waals surface area contributed by atoms with Gasteiger partial charge in [0.15, 0.2) is 6.61 Å². The van der Waals surface area contributed by atoms with Crippen molar-refractivity contribution in [3.63, 3.8) is 0 Å². The van der Waals surface area contributed by atoms with Gasteiger partial charge < -0.3 is 10.1 Å². The maximum Gasteiger partial charge on any atom is 0.324 e. The average molecular weight is 436 g/mol. The summed E-state index contributed by atoms with van der Waals surface area (Å²) >= 11 is 0. The lowest BCUT2D eigenvalue weighted by atomic mass is 9.83. The molecular weight excluding hydrogens is 406 g/mol. The van der Waals surface area contributed by atoms with Crippen LogP contribution in [0.5, 0.6) is 0 Å². The van der Waals surface area contributed by atoms with Gasteiger partial charge in [-0.1, -0.05) is 50.8 Å². The van der Waals surface area contributed by atoms with Crippen LogP contribution in [0.4, 0.5) is 0 Å². The van der Waals surface area contributed by atoms with Gasteiger partial charge in [-0.05, 0) is 37.8 Å². The van der Waals surface area contributed by atoms with Crippen LogP contribution in [0.15, 0.2) is 29.2 Å². The van der Waals surface area contributed by atoms with E-state index in [0.29, 0.717) is 12.8 Å². The van der Waals surface area contributed by atoms with Gasteiger partial charge in [0.25, 0.3) is 5.91 Å². The maximum absolute atomic E-state index is 12.6. The van der Waals surface area contributed by atoms with Crippen LogP contribution in [0.3, 0.4) is 0 Å². The predicted octanol–water partition coefficient (Wildman–Crippen LogP) is 2.18. The number of nitriles is 1. The molecule has 1 amide bonds. The highest BCUT2D eigenvalue weighted by Crippen LogP contribution is 2.27. The largest absolute Gasteiger partial charge is 0.454 e. The summed E-state index contributed by atoms with van der Waals surface area (Å²) in [6.07, 6.45) is 3.85. The summed E-state index contributed by atoms with van der Waals surface area (Å²) in [7, 11) is -3.94. The number of ether oxygens (including phenoxy) is 1. The Hall–Kier alpha value is -2.44. The molecule has 0 radical (unpaired) electrons. The van der Waals surface area contributed by atoms with Crippen molar-refractivity contribution in [2.75, 3.05) is 6.61 Å². The minimum atomic E-state index is -3.94. The van der Waals surface area contributed by atoms with Crippen molar-refractivity contribution in [1.29, 1.82) is 5.26 Å². The first-order valence-electron chi connectivity index (χ1n) is 10.1. The molecule has 0 aliphatic heterocycles. The number of carbonyl (C=O) groups is 2. The first-order chi connectivity index (χ1) is 14.1. The van der Waals surface area contributed by atoms with Crippen molar-refractivity contribution in [3.05, 3.63) is 29.8 Å². The molecule has 8 nitrogen and oxygen atoms in total. The Balaban J connectivity index is 1.99. The lowest BCUT2D eigenvalue weighted by Gasteiger charge is -2.31. The molecule has 0 saturated heterocycles. The fraction of sp³-hybridized carbons (Fsp3) is 0.571. The Morgan fingerprint density at radius 1 is 1.17 bits per heavy atom. The van der Waals surface area contributed by atoms with Crippen molar-refractivity contribution in [3.8, 4) is 6.07 Å². The second kappa shape index (κ2) is 10.0. The number of amides is 1. The molecule has 0 heterocycles. The number of esters is 1. The van der Waals surface area contributed by atoms with Crippen molar-refractivity contribution in [2.45, 2.75) is 69.4 Å². The molecule has 1 aromatic rings. The van der Waals surface area contributed by atoms with E-state index >= 15 is 0 Å². The minimum Gasteiger partial charge on any atom is -0.454 e. The molecular formula is C21H29N3O5S. The van der Waals surface area contributed by atoms with E-state index in [4.69, 9.17) is 4.74 Å². The lowest BCUT2D eigenvalue weighted by molar-refractivity contribution is -0.151. The van der Waals surface area contributed by atoms with Crippen molar-refractivity contribution < 1.29 is 22.7 Å². The number of benzene rings is 1. The smallest absolute Gasteiger partial charge is 0.324 e. The zero-order valence-corrected chi connectivity index (χ0v) is 18.4. The van der Waals surface area contributed by atoms with Crippen LogP contribution in [-0.2, 0) is 24.3 Å². The SMILES string of the molecule is Cc1ccc(S(=O)(=O)N[C@H](C(=O)OCC(=O)NC2(C#N)CCCCC2)C(C)C)cc1. The van der Waals surface area contributed by atoms with Crippen LogP contribution < -0.4 is 10.0 Å². The Bertz CT molecular complexity index is 898. The van der Waals surface area contributed by atoms with Crippen LogP contribution >= 0.6 is 0 Å². The zero-order chi connectivity index (χ0) is 22.4. The van der Waals surface area contributed by atoms with E-state index in [2.05, 4.69) is 16.1 Å².